The molecule has 108 valence electrons. The smallest absolute Gasteiger partial charge is 0.287 e. The Labute approximate surface area is 129 Å². The van der Waals surface area contributed by atoms with Gasteiger partial charge in [0.1, 0.15) is 10.2 Å². The third-order valence-corrected chi connectivity index (χ3v) is 3.67. The van der Waals surface area contributed by atoms with Crippen molar-refractivity contribution in [1.82, 2.24) is 0 Å². The van der Waals surface area contributed by atoms with Crippen LogP contribution in [0.4, 0.5) is 5.69 Å². The Morgan fingerprint density at radius 1 is 1.19 bits per heavy atom. The van der Waals surface area contributed by atoms with Gasteiger partial charge in [0.15, 0.2) is 6.10 Å². The molecule has 0 aliphatic rings. The van der Waals surface area contributed by atoms with Gasteiger partial charge in [-0.25, -0.2) is 0 Å². The van der Waals surface area contributed by atoms with Gasteiger partial charge in [-0.15, -0.1) is 0 Å². The van der Waals surface area contributed by atoms with Crippen molar-refractivity contribution >= 4 is 27.4 Å². The first-order valence-electron chi connectivity index (χ1n) is 6.19. The average Bonchev–Trinajstić information content (AvgIpc) is 2.49. The molecule has 2 rings (SSSR count). The number of nitro groups is 1. The summed E-state index contributed by atoms with van der Waals surface area (Å²) < 4.78 is 5.78. The number of rotatable bonds is 5. The van der Waals surface area contributed by atoms with Crippen LogP contribution < -0.4 is 4.74 Å². The maximum absolute atomic E-state index is 12.2. The van der Waals surface area contributed by atoms with Crippen molar-refractivity contribution in [2.24, 2.45) is 0 Å². The number of carbonyl (C=O) groups excluding carboxylic acids is 1. The Morgan fingerprint density at radius 2 is 1.86 bits per heavy atom. The monoisotopic (exact) mass is 349 g/mol. The first-order valence-corrected chi connectivity index (χ1v) is 6.99. The van der Waals surface area contributed by atoms with E-state index in [1.54, 1.807) is 37.3 Å². The molecule has 21 heavy (non-hydrogen) atoms. The molecule has 0 spiro atoms. The fourth-order valence-corrected chi connectivity index (χ4v) is 2.31. The largest absolute Gasteiger partial charge is 0.481 e. The molecule has 0 aliphatic heterocycles. The van der Waals surface area contributed by atoms with Crippen molar-refractivity contribution < 1.29 is 14.5 Å². The van der Waals surface area contributed by atoms with Gasteiger partial charge in [0, 0.05) is 11.6 Å². The highest BCUT2D eigenvalue weighted by Crippen LogP contribution is 2.34. The summed E-state index contributed by atoms with van der Waals surface area (Å²) in [4.78, 5) is 22.6. The van der Waals surface area contributed by atoms with Crippen LogP contribution in [0.1, 0.15) is 17.3 Å². The predicted molar refractivity (Wildman–Crippen MR) is 81.7 cm³/mol. The lowest BCUT2D eigenvalue weighted by molar-refractivity contribution is -0.385. The Hall–Kier alpha value is -2.21. The van der Waals surface area contributed by atoms with Crippen molar-refractivity contribution in [2.75, 3.05) is 0 Å². The summed E-state index contributed by atoms with van der Waals surface area (Å²) in [5, 5.41) is 10.9. The number of halogens is 1. The lowest BCUT2D eigenvalue weighted by Gasteiger charge is -2.14. The van der Waals surface area contributed by atoms with E-state index < -0.39 is 11.0 Å². The number of hydrogen-bond acceptors (Lipinski definition) is 4. The third kappa shape index (κ3) is 3.46. The highest BCUT2D eigenvalue weighted by molar-refractivity contribution is 9.10. The minimum Gasteiger partial charge on any atom is -0.481 e. The zero-order chi connectivity index (χ0) is 15.4. The molecule has 2 aromatic rings. The molecule has 5 nitrogen and oxygen atoms in total. The number of carbonyl (C=O) groups is 1. The first kappa shape index (κ1) is 15.2. The summed E-state index contributed by atoms with van der Waals surface area (Å²) in [6.45, 7) is 1.61. The molecule has 6 heteroatoms. The molecule has 0 saturated heterocycles. The second kappa shape index (κ2) is 6.49. The van der Waals surface area contributed by atoms with Crippen LogP contribution in [0.3, 0.4) is 0 Å². The quantitative estimate of drug-likeness (QED) is 0.464. The van der Waals surface area contributed by atoms with Gasteiger partial charge in [0.25, 0.3) is 5.69 Å². The van der Waals surface area contributed by atoms with Crippen molar-refractivity contribution in [2.45, 2.75) is 13.0 Å². The second-order valence-electron chi connectivity index (χ2n) is 4.34. The minimum atomic E-state index is -0.745. The van der Waals surface area contributed by atoms with Gasteiger partial charge in [0.2, 0.25) is 5.78 Å². The summed E-state index contributed by atoms with van der Waals surface area (Å²) in [6.07, 6.45) is -0.745. The van der Waals surface area contributed by atoms with E-state index in [-0.39, 0.29) is 21.7 Å². The van der Waals surface area contributed by atoms with Crippen LogP contribution in [-0.2, 0) is 0 Å². The number of nitro benzene ring substituents is 1. The van der Waals surface area contributed by atoms with Crippen molar-refractivity contribution in [1.29, 1.82) is 0 Å². The van der Waals surface area contributed by atoms with Crippen molar-refractivity contribution in [3.63, 3.8) is 0 Å². The van der Waals surface area contributed by atoms with Gasteiger partial charge in [-0.1, -0.05) is 36.4 Å². The van der Waals surface area contributed by atoms with Crippen LogP contribution in [0.2, 0.25) is 0 Å². The van der Waals surface area contributed by atoms with Crippen LogP contribution in [0.15, 0.2) is 53.0 Å². The summed E-state index contributed by atoms with van der Waals surface area (Å²) >= 11 is 3.14. The predicted octanol–water partition coefficient (Wildman–Crippen LogP) is 4.01. The number of ketones is 1. The minimum absolute atomic E-state index is 0.105. The maximum Gasteiger partial charge on any atom is 0.287 e. The van der Waals surface area contributed by atoms with Crippen LogP contribution in [0.5, 0.6) is 5.75 Å². The SMILES string of the molecule is CC(Oc1cccc([N+](=O)[O-])c1Br)C(=O)c1ccccc1. The number of nitrogens with zero attached hydrogens (tertiary/aromatic N) is 1. The molecule has 0 amide bonds. The van der Waals surface area contributed by atoms with E-state index in [4.69, 9.17) is 4.74 Å². The van der Waals surface area contributed by atoms with E-state index in [0.717, 1.165) is 0 Å². The van der Waals surface area contributed by atoms with Gasteiger partial charge in [-0.05, 0) is 28.9 Å². The molecule has 0 radical (unpaired) electrons. The summed E-state index contributed by atoms with van der Waals surface area (Å²) in [6, 6.07) is 13.2. The van der Waals surface area contributed by atoms with E-state index in [2.05, 4.69) is 15.9 Å². The molecule has 0 saturated carbocycles. The Bertz CT molecular complexity index is 673. The van der Waals surface area contributed by atoms with E-state index >= 15 is 0 Å². The lowest BCUT2D eigenvalue weighted by atomic mass is 10.1. The molecule has 1 unspecified atom stereocenters. The maximum atomic E-state index is 12.2. The summed E-state index contributed by atoms with van der Waals surface area (Å²) in [7, 11) is 0. The van der Waals surface area contributed by atoms with Gasteiger partial charge >= 0.3 is 0 Å². The van der Waals surface area contributed by atoms with Crippen LogP contribution in [0.25, 0.3) is 0 Å². The van der Waals surface area contributed by atoms with E-state index in [1.807, 2.05) is 6.07 Å². The normalized spacial score (nSPS) is 11.7. The van der Waals surface area contributed by atoms with Gasteiger partial charge in [0.05, 0.1) is 4.92 Å². The van der Waals surface area contributed by atoms with Crippen LogP contribution in [-0.4, -0.2) is 16.8 Å². The van der Waals surface area contributed by atoms with E-state index in [9.17, 15) is 14.9 Å². The van der Waals surface area contributed by atoms with Gasteiger partial charge in [-0.2, -0.15) is 0 Å². The Morgan fingerprint density at radius 3 is 2.48 bits per heavy atom. The van der Waals surface area contributed by atoms with Crippen LogP contribution >= 0.6 is 15.9 Å². The lowest BCUT2D eigenvalue weighted by Crippen LogP contribution is -2.24. The number of Topliss-reactive ketones (excluding diaryl/α,β-unsaturated/α-hetero) is 1. The third-order valence-electron chi connectivity index (χ3n) is 2.87. The van der Waals surface area contributed by atoms with Crippen LogP contribution in [0, 0.1) is 10.1 Å². The molecular formula is C15H12BrNO4. The van der Waals surface area contributed by atoms with Crippen molar-refractivity contribution in [3.05, 3.63) is 68.7 Å². The fourth-order valence-electron chi connectivity index (χ4n) is 1.81. The zero-order valence-corrected chi connectivity index (χ0v) is 12.7. The number of hydrogen-bond donors (Lipinski definition) is 0. The van der Waals surface area contributed by atoms with Crippen molar-refractivity contribution in [3.8, 4) is 5.75 Å². The molecule has 0 aromatic heterocycles. The number of benzene rings is 2. The molecule has 0 heterocycles. The second-order valence-corrected chi connectivity index (χ2v) is 5.13. The fraction of sp³-hybridized carbons (Fsp3) is 0.133. The highest BCUT2D eigenvalue weighted by Gasteiger charge is 2.21. The topological polar surface area (TPSA) is 69.4 Å². The molecule has 0 N–H and O–H groups in total. The molecule has 2 aromatic carbocycles. The van der Waals surface area contributed by atoms with E-state index in [0.29, 0.717) is 5.56 Å². The summed E-state index contributed by atoms with van der Waals surface area (Å²) in [5.41, 5.74) is 0.429. The standard InChI is InChI=1S/C15H12BrNO4/c1-10(15(18)11-6-3-2-4-7-11)21-13-9-5-8-12(14(13)16)17(19)20/h2-10H,1H3. The molecule has 0 bridgehead atoms. The first-order chi connectivity index (χ1) is 10.0. The highest BCUT2D eigenvalue weighted by atomic mass is 79.9. The molecule has 0 fully saturated rings. The molecular weight excluding hydrogens is 338 g/mol. The Balaban J connectivity index is 2.20. The molecule has 0 aliphatic carbocycles. The van der Waals surface area contributed by atoms with Gasteiger partial charge in [-0.3, -0.25) is 14.9 Å². The Kier molecular flexibility index (Phi) is 4.70. The molecule has 1 atom stereocenters. The van der Waals surface area contributed by atoms with E-state index in [1.165, 1.54) is 12.1 Å². The number of ether oxygens (including phenoxy) is 1. The average molecular weight is 350 g/mol. The zero-order valence-electron chi connectivity index (χ0n) is 11.2. The van der Waals surface area contributed by atoms with Gasteiger partial charge < -0.3 is 4.74 Å². The summed E-state index contributed by atoms with van der Waals surface area (Å²) in [5.74, 6) is 0.0787.